The highest BCUT2D eigenvalue weighted by Crippen LogP contribution is 2.25. The van der Waals surface area contributed by atoms with Gasteiger partial charge in [0, 0.05) is 36.9 Å². The van der Waals surface area contributed by atoms with Crippen LogP contribution in [0.15, 0.2) is 29.0 Å². The monoisotopic (exact) mass is 462 g/mol. The summed E-state index contributed by atoms with van der Waals surface area (Å²) in [5, 5.41) is 14.2. The first-order valence-corrected chi connectivity index (χ1v) is 10.5. The molecule has 0 aliphatic carbocycles. The molecular formula is C21H27BrN4O3. The molecule has 2 amide bonds. The molecule has 3 unspecified atom stereocenters. The van der Waals surface area contributed by atoms with Crippen molar-refractivity contribution in [2.75, 3.05) is 13.1 Å². The van der Waals surface area contributed by atoms with E-state index in [1.54, 1.807) is 23.4 Å². The first-order chi connectivity index (χ1) is 13.6. The molecule has 1 fully saturated rings. The molecule has 3 atom stereocenters. The Morgan fingerprint density at radius 2 is 2.03 bits per heavy atom. The lowest BCUT2D eigenvalue weighted by Gasteiger charge is -2.39. The van der Waals surface area contributed by atoms with E-state index in [1.807, 2.05) is 26.8 Å². The Morgan fingerprint density at radius 1 is 1.31 bits per heavy atom. The fourth-order valence-electron chi connectivity index (χ4n) is 3.38. The van der Waals surface area contributed by atoms with E-state index in [2.05, 4.69) is 38.1 Å². The average Bonchev–Trinajstić information content (AvgIpc) is 2.67. The van der Waals surface area contributed by atoms with E-state index in [0.717, 1.165) is 16.3 Å². The van der Waals surface area contributed by atoms with Crippen molar-refractivity contribution in [3.05, 3.63) is 34.7 Å². The van der Waals surface area contributed by atoms with Gasteiger partial charge in [-0.05, 0) is 45.8 Å². The zero-order valence-corrected chi connectivity index (χ0v) is 18.7. The number of aliphatic hydroxyl groups is 1. The van der Waals surface area contributed by atoms with Crippen molar-refractivity contribution in [3.63, 3.8) is 0 Å². The van der Waals surface area contributed by atoms with Crippen LogP contribution in [0.1, 0.15) is 44.6 Å². The fourth-order valence-corrected chi connectivity index (χ4v) is 3.81. The molecule has 0 spiro atoms. The molecule has 0 saturated carbocycles. The number of hydrogen-bond donors (Lipinski definition) is 2. The normalized spacial score (nSPS) is 21.1. The second-order valence-electron chi connectivity index (χ2n) is 8.79. The van der Waals surface area contributed by atoms with Crippen LogP contribution in [-0.4, -0.2) is 57.0 Å². The van der Waals surface area contributed by atoms with Crippen molar-refractivity contribution >= 4 is 38.6 Å². The molecule has 2 aromatic heterocycles. The van der Waals surface area contributed by atoms with Crippen LogP contribution in [-0.2, 0) is 4.79 Å². The van der Waals surface area contributed by atoms with Crippen LogP contribution in [0.3, 0.4) is 0 Å². The Bertz CT molecular complexity index is 928. The van der Waals surface area contributed by atoms with Gasteiger partial charge in [0.25, 0.3) is 11.8 Å². The van der Waals surface area contributed by atoms with E-state index in [-0.39, 0.29) is 23.8 Å². The maximum atomic E-state index is 12.8. The summed E-state index contributed by atoms with van der Waals surface area (Å²) >= 11 is 3.42. The second-order valence-corrected chi connectivity index (χ2v) is 9.64. The van der Waals surface area contributed by atoms with Crippen LogP contribution in [0.2, 0.25) is 0 Å². The number of rotatable bonds is 3. The van der Waals surface area contributed by atoms with Crippen LogP contribution >= 0.6 is 15.9 Å². The summed E-state index contributed by atoms with van der Waals surface area (Å²) in [5.41, 5.74) is 0.458. The molecule has 1 saturated heterocycles. The molecule has 2 N–H and O–H groups in total. The third-order valence-corrected chi connectivity index (χ3v) is 6.01. The van der Waals surface area contributed by atoms with Crippen molar-refractivity contribution in [1.82, 2.24) is 20.2 Å². The number of pyridine rings is 2. The number of piperidine rings is 1. The summed E-state index contributed by atoms with van der Waals surface area (Å²) in [5.74, 6) is -0.354. The maximum absolute atomic E-state index is 12.8. The highest BCUT2D eigenvalue weighted by molar-refractivity contribution is 9.10. The Morgan fingerprint density at radius 3 is 2.72 bits per heavy atom. The van der Waals surface area contributed by atoms with Crippen molar-refractivity contribution in [1.29, 1.82) is 0 Å². The highest BCUT2D eigenvalue weighted by Gasteiger charge is 2.36. The van der Waals surface area contributed by atoms with Crippen molar-refractivity contribution in [3.8, 4) is 0 Å². The van der Waals surface area contributed by atoms with Crippen LogP contribution in [0, 0.1) is 11.3 Å². The predicted molar refractivity (Wildman–Crippen MR) is 114 cm³/mol. The van der Waals surface area contributed by atoms with Gasteiger partial charge in [-0.25, -0.2) is 4.98 Å². The quantitative estimate of drug-likeness (QED) is 0.730. The van der Waals surface area contributed by atoms with Gasteiger partial charge in [-0.2, -0.15) is 0 Å². The van der Waals surface area contributed by atoms with E-state index in [9.17, 15) is 14.7 Å². The molecule has 8 heteroatoms. The topological polar surface area (TPSA) is 95.4 Å². The maximum Gasteiger partial charge on any atom is 0.270 e. The first-order valence-electron chi connectivity index (χ1n) is 9.76. The number of aliphatic hydroxyl groups excluding tert-OH is 1. The van der Waals surface area contributed by atoms with Gasteiger partial charge in [0.2, 0.25) is 0 Å². The summed E-state index contributed by atoms with van der Waals surface area (Å²) in [6.07, 6.45) is 3.03. The number of nitrogens with one attached hydrogen (secondary N) is 1. The van der Waals surface area contributed by atoms with Gasteiger partial charge in [-0.15, -0.1) is 0 Å². The molecule has 3 heterocycles. The Hall–Kier alpha value is -2.06. The standard InChI is InChI=1S/C21H27BrN4O3/c1-12-7-8-26(20(29)18(27)21(2,3)4)11-16(12)25-19(28)15-6-5-13-9-23-10-14(22)17(13)24-15/h5-6,9-10,12,16,18,27H,7-8,11H2,1-4H3,(H,25,28). The zero-order chi connectivity index (χ0) is 21.3. The predicted octanol–water partition coefficient (Wildman–Crippen LogP) is 2.77. The van der Waals surface area contributed by atoms with E-state index in [0.29, 0.717) is 24.3 Å². The molecule has 156 valence electrons. The molecular weight excluding hydrogens is 436 g/mol. The SMILES string of the molecule is CC1CCN(C(=O)C(O)C(C)(C)C)CC1NC(=O)c1ccc2cncc(Br)c2n1. The number of fused-ring (bicyclic) bond motifs is 1. The van der Waals surface area contributed by atoms with Gasteiger partial charge in [-0.3, -0.25) is 14.6 Å². The lowest BCUT2D eigenvalue weighted by Crippen LogP contribution is -2.56. The van der Waals surface area contributed by atoms with Crippen LogP contribution < -0.4 is 5.32 Å². The summed E-state index contributed by atoms with van der Waals surface area (Å²) < 4.78 is 0.726. The van der Waals surface area contributed by atoms with Gasteiger partial charge < -0.3 is 15.3 Å². The number of carbonyl (C=O) groups is 2. The Balaban J connectivity index is 1.73. The lowest BCUT2D eigenvalue weighted by atomic mass is 9.87. The van der Waals surface area contributed by atoms with Crippen molar-refractivity contribution in [2.24, 2.45) is 11.3 Å². The van der Waals surface area contributed by atoms with E-state index in [1.165, 1.54) is 0 Å². The summed E-state index contributed by atoms with van der Waals surface area (Å²) in [6, 6.07) is 3.28. The molecule has 3 rings (SSSR count). The Labute approximate surface area is 179 Å². The van der Waals surface area contributed by atoms with Crippen LogP contribution in [0.4, 0.5) is 0 Å². The molecule has 7 nitrogen and oxygen atoms in total. The largest absolute Gasteiger partial charge is 0.383 e. The molecule has 1 aliphatic rings. The van der Waals surface area contributed by atoms with E-state index >= 15 is 0 Å². The average molecular weight is 463 g/mol. The Kier molecular flexibility index (Phi) is 6.24. The minimum Gasteiger partial charge on any atom is -0.383 e. The van der Waals surface area contributed by atoms with Crippen molar-refractivity contribution < 1.29 is 14.7 Å². The number of hydrogen-bond acceptors (Lipinski definition) is 5. The number of likely N-dealkylation sites (tertiary alicyclic amines) is 1. The first kappa shape index (κ1) is 21.6. The number of nitrogens with zero attached hydrogens (tertiary/aromatic N) is 3. The molecule has 0 radical (unpaired) electrons. The fraction of sp³-hybridized carbons (Fsp3) is 0.524. The third-order valence-electron chi connectivity index (χ3n) is 5.43. The summed E-state index contributed by atoms with van der Waals surface area (Å²) in [7, 11) is 0. The van der Waals surface area contributed by atoms with Gasteiger partial charge in [0.05, 0.1) is 9.99 Å². The van der Waals surface area contributed by atoms with Gasteiger partial charge in [-0.1, -0.05) is 27.7 Å². The minimum atomic E-state index is -1.07. The highest BCUT2D eigenvalue weighted by atomic mass is 79.9. The summed E-state index contributed by atoms with van der Waals surface area (Å²) in [4.78, 5) is 35.7. The van der Waals surface area contributed by atoms with E-state index < -0.39 is 11.5 Å². The van der Waals surface area contributed by atoms with Gasteiger partial charge in [0.15, 0.2) is 0 Å². The number of carbonyl (C=O) groups excluding carboxylic acids is 2. The smallest absolute Gasteiger partial charge is 0.270 e. The van der Waals surface area contributed by atoms with Crippen LogP contribution in [0.25, 0.3) is 10.9 Å². The van der Waals surface area contributed by atoms with E-state index in [4.69, 9.17) is 0 Å². The molecule has 1 aliphatic heterocycles. The third kappa shape index (κ3) is 4.75. The molecule has 0 bridgehead atoms. The molecule has 29 heavy (non-hydrogen) atoms. The number of halogens is 1. The second kappa shape index (κ2) is 8.36. The number of aromatic nitrogens is 2. The van der Waals surface area contributed by atoms with Crippen LogP contribution in [0.5, 0.6) is 0 Å². The molecule has 2 aromatic rings. The van der Waals surface area contributed by atoms with Gasteiger partial charge >= 0.3 is 0 Å². The number of amides is 2. The summed E-state index contributed by atoms with van der Waals surface area (Å²) in [6.45, 7) is 8.51. The van der Waals surface area contributed by atoms with Crippen molar-refractivity contribution in [2.45, 2.75) is 46.3 Å². The lowest BCUT2D eigenvalue weighted by molar-refractivity contribution is -0.147. The molecule has 0 aromatic carbocycles. The minimum absolute atomic E-state index is 0.203. The van der Waals surface area contributed by atoms with Gasteiger partial charge in [0.1, 0.15) is 11.8 Å². The zero-order valence-electron chi connectivity index (χ0n) is 17.1.